The predicted octanol–water partition coefficient (Wildman–Crippen LogP) is 5.04. The van der Waals surface area contributed by atoms with Crippen molar-refractivity contribution in [3.63, 3.8) is 0 Å². The van der Waals surface area contributed by atoms with Gasteiger partial charge in [0.05, 0.1) is 0 Å². The number of nitrogens with one attached hydrogen (secondary N) is 1. The molecule has 2 amide bonds. The van der Waals surface area contributed by atoms with E-state index in [-0.39, 0.29) is 17.9 Å². The lowest BCUT2D eigenvalue weighted by molar-refractivity contribution is -0.123. The SMILES string of the molecule is O=C(NC1CCCC1)C(c1ccc(F)cc1)N(C(=O)c1ccc2c(c1)OCCO2)c1ccccc1. The fourth-order valence-corrected chi connectivity index (χ4v) is 4.70. The van der Waals surface area contributed by atoms with Gasteiger partial charge in [0, 0.05) is 17.3 Å². The maximum atomic E-state index is 14.0. The van der Waals surface area contributed by atoms with Crippen LogP contribution in [0.25, 0.3) is 0 Å². The van der Waals surface area contributed by atoms with Crippen LogP contribution in [0, 0.1) is 5.82 Å². The Bertz CT molecular complexity index is 1190. The van der Waals surface area contributed by atoms with Gasteiger partial charge in [0.2, 0.25) is 5.91 Å². The average Bonchev–Trinajstić information content (AvgIpc) is 3.41. The fourth-order valence-electron chi connectivity index (χ4n) is 4.70. The molecule has 1 unspecified atom stereocenters. The van der Waals surface area contributed by atoms with Crippen LogP contribution in [0.2, 0.25) is 0 Å². The lowest BCUT2D eigenvalue weighted by Crippen LogP contribution is -2.46. The Kier molecular flexibility index (Phi) is 6.66. The number of fused-ring (bicyclic) bond motifs is 1. The van der Waals surface area contributed by atoms with Crippen molar-refractivity contribution in [2.75, 3.05) is 18.1 Å². The fraction of sp³-hybridized carbons (Fsp3) is 0.286. The summed E-state index contributed by atoms with van der Waals surface area (Å²) >= 11 is 0. The van der Waals surface area contributed by atoms with Gasteiger partial charge in [0.25, 0.3) is 5.91 Å². The van der Waals surface area contributed by atoms with E-state index in [4.69, 9.17) is 9.47 Å². The van der Waals surface area contributed by atoms with E-state index >= 15 is 0 Å². The molecule has 1 aliphatic heterocycles. The minimum absolute atomic E-state index is 0.0625. The summed E-state index contributed by atoms with van der Waals surface area (Å²) in [5.74, 6) is -0.00702. The monoisotopic (exact) mass is 474 g/mol. The summed E-state index contributed by atoms with van der Waals surface area (Å²) in [5, 5.41) is 3.13. The highest BCUT2D eigenvalue weighted by Gasteiger charge is 2.35. The van der Waals surface area contributed by atoms with Crippen molar-refractivity contribution in [3.8, 4) is 11.5 Å². The second-order valence-electron chi connectivity index (χ2n) is 8.81. The van der Waals surface area contributed by atoms with Gasteiger partial charge in [-0.2, -0.15) is 0 Å². The number of hydrogen-bond donors (Lipinski definition) is 1. The molecular weight excluding hydrogens is 447 g/mol. The molecule has 1 saturated carbocycles. The third-order valence-electron chi connectivity index (χ3n) is 6.44. The molecule has 0 bridgehead atoms. The second-order valence-corrected chi connectivity index (χ2v) is 8.81. The van der Waals surface area contributed by atoms with Crippen molar-refractivity contribution in [2.45, 2.75) is 37.8 Å². The molecule has 0 radical (unpaired) electrons. The Morgan fingerprint density at radius 2 is 1.57 bits per heavy atom. The molecule has 35 heavy (non-hydrogen) atoms. The van der Waals surface area contributed by atoms with Crippen LogP contribution in [0.4, 0.5) is 10.1 Å². The number of carbonyl (C=O) groups excluding carboxylic acids is 2. The van der Waals surface area contributed by atoms with Gasteiger partial charge in [-0.1, -0.05) is 43.2 Å². The zero-order valence-electron chi connectivity index (χ0n) is 19.3. The van der Waals surface area contributed by atoms with Crippen molar-refractivity contribution >= 4 is 17.5 Å². The van der Waals surface area contributed by atoms with Gasteiger partial charge in [-0.05, 0) is 60.9 Å². The number of hydrogen-bond acceptors (Lipinski definition) is 4. The van der Waals surface area contributed by atoms with E-state index in [1.54, 1.807) is 42.5 Å². The van der Waals surface area contributed by atoms with Crippen molar-refractivity contribution in [1.82, 2.24) is 5.32 Å². The van der Waals surface area contributed by atoms with Crippen LogP contribution in [-0.2, 0) is 4.79 Å². The Morgan fingerprint density at radius 3 is 2.29 bits per heavy atom. The molecule has 1 heterocycles. The van der Waals surface area contributed by atoms with Gasteiger partial charge in [-0.15, -0.1) is 0 Å². The number of benzene rings is 3. The summed E-state index contributed by atoms with van der Waals surface area (Å²) in [6.07, 6.45) is 3.93. The smallest absolute Gasteiger partial charge is 0.259 e. The highest BCUT2D eigenvalue weighted by atomic mass is 19.1. The maximum absolute atomic E-state index is 14.0. The molecule has 2 aliphatic rings. The molecule has 5 rings (SSSR count). The van der Waals surface area contributed by atoms with Crippen LogP contribution in [0.1, 0.15) is 47.6 Å². The summed E-state index contributed by atoms with van der Waals surface area (Å²) in [6, 6.07) is 18.9. The Balaban J connectivity index is 1.58. The highest BCUT2D eigenvalue weighted by Crippen LogP contribution is 2.34. The van der Waals surface area contributed by atoms with Crippen molar-refractivity contribution in [1.29, 1.82) is 0 Å². The predicted molar refractivity (Wildman–Crippen MR) is 130 cm³/mol. The Labute approximate surface area is 203 Å². The van der Waals surface area contributed by atoms with Gasteiger partial charge in [-0.25, -0.2) is 4.39 Å². The Morgan fingerprint density at radius 1 is 0.886 bits per heavy atom. The van der Waals surface area contributed by atoms with Crippen LogP contribution in [0.3, 0.4) is 0 Å². The molecule has 3 aromatic carbocycles. The molecule has 1 aliphatic carbocycles. The first kappa shape index (κ1) is 22.9. The minimum Gasteiger partial charge on any atom is -0.486 e. The van der Waals surface area contributed by atoms with Crippen LogP contribution >= 0.6 is 0 Å². The van der Waals surface area contributed by atoms with Crippen LogP contribution in [0.5, 0.6) is 11.5 Å². The number of anilines is 1. The quantitative estimate of drug-likeness (QED) is 0.543. The van der Waals surface area contributed by atoms with E-state index in [2.05, 4.69) is 5.32 Å². The number of rotatable bonds is 6. The van der Waals surface area contributed by atoms with E-state index in [0.29, 0.717) is 41.5 Å². The van der Waals surface area contributed by atoms with E-state index < -0.39 is 11.9 Å². The first-order chi connectivity index (χ1) is 17.1. The Hall–Kier alpha value is -3.87. The average molecular weight is 475 g/mol. The van der Waals surface area contributed by atoms with E-state index in [1.807, 2.05) is 18.2 Å². The van der Waals surface area contributed by atoms with Crippen LogP contribution < -0.4 is 19.7 Å². The van der Waals surface area contributed by atoms with Crippen molar-refractivity contribution < 1.29 is 23.5 Å². The second kappa shape index (κ2) is 10.2. The van der Waals surface area contributed by atoms with E-state index in [9.17, 15) is 14.0 Å². The molecular formula is C28H27FN2O4. The lowest BCUT2D eigenvalue weighted by Gasteiger charge is -2.32. The van der Waals surface area contributed by atoms with E-state index in [1.165, 1.54) is 17.0 Å². The third kappa shape index (κ3) is 4.99. The van der Waals surface area contributed by atoms with Crippen LogP contribution in [0.15, 0.2) is 72.8 Å². The van der Waals surface area contributed by atoms with Gasteiger partial charge in [0.15, 0.2) is 11.5 Å². The van der Waals surface area contributed by atoms with Crippen molar-refractivity contribution in [2.24, 2.45) is 0 Å². The first-order valence-corrected chi connectivity index (χ1v) is 11.9. The van der Waals surface area contributed by atoms with E-state index in [0.717, 1.165) is 25.7 Å². The number of amides is 2. The number of halogens is 1. The molecule has 3 aromatic rings. The number of para-hydroxylation sites is 1. The topological polar surface area (TPSA) is 67.9 Å². The summed E-state index contributed by atoms with van der Waals surface area (Å²) < 4.78 is 25.1. The molecule has 1 N–H and O–H groups in total. The molecule has 0 saturated heterocycles. The zero-order valence-corrected chi connectivity index (χ0v) is 19.3. The van der Waals surface area contributed by atoms with Gasteiger partial charge in [0.1, 0.15) is 25.1 Å². The normalized spacial score (nSPS) is 15.9. The molecule has 0 aromatic heterocycles. The maximum Gasteiger partial charge on any atom is 0.259 e. The molecule has 1 atom stereocenters. The summed E-state index contributed by atoms with van der Waals surface area (Å²) in [6.45, 7) is 0.847. The molecule has 0 spiro atoms. The molecule has 1 fully saturated rings. The third-order valence-corrected chi connectivity index (χ3v) is 6.44. The summed E-state index contributed by atoms with van der Waals surface area (Å²) in [7, 11) is 0. The number of carbonyl (C=O) groups is 2. The highest BCUT2D eigenvalue weighted by molar-refractivity contribution is 6.10. The zero-order chi connectivity index (χ0) is 24.2. The van der Waals surface area contributed by atoms with Gasteiger partial charge >= 0.3 is 0 Å². The first-order valence-electron chi connectivity index (χ1n) is 11.9. The molecule has 7 heteroatoms. The van der Waals surface area contributed by atoms with Crippen LogP contribution in [-0.4, -0.2) is 31.1 Å². The summed E-state index contributed by atoms with van der Waals surface area (Å²) in [4.78, 5) is 29.2. The number of nitrogens with zero attached hydrogens (tertiary/aromatic N) is 1. The van der Waals surface area contributed by atoms with Gasteiger partial charge < -0.3 is 14.8 Å². The standard InChI is InChI=1S/C28H27FN2O4/c29-21-13-10-19(11-14-21)26(27(32)30-22-6-4-5-7-22)31(23-8-2-1-3-9-23)28(33)20-12-15-24-25(18-20)35-17-16-34-24/h1-3,8-15,18,22,26H,4-7,16-17H2,(H,30,32). The lowest BCUT2D eigenvalue weighted by atomic mass is 10.0. The minimum atomic E-state index is -0.987. The van der Waals surface area contributed by atoms with Gasteiger partial charge in [-0.3, -0.25) is 14.5 Å². The van der Waals surface area contributed by atoms with Crippen molar-refractivity contribution in [3.05, 3.63) is 89.7 Å². The molecule has 180 valence electrons. The largest absolute Gasteiger partial charge is 0.486 e. The summed E-state index contributed by atoms with van der Waals surface area (Å²) in [5.41, 5.74) is 1.44. The number of ether oxygens (including phenoxy) is 2. The molecule has 6 nitrogen and oxygen atoms in total.